The van der Waals surface area contributed by atoms with Gasteiger partial charge in [0.1, 0.15) is 5.41 Å². The van der Waals surface area contributed by atoms with Gasteiger partial charge in [0.2, 0.25) is 5.91 Å². The van der Waals surface area contributed by atoms with E-state index in [9.17, 15) is 14.0 Å². The quantitative estimate of drug-likeness (QED) is 0.313. The third-order valence-corrected chi connectivity index (χ3v) is 7.90. The van der Waals surface area contributed by atoms with E-state index in [4.69, 9.17) is 5.73 Å². The normalized spacial score (nSPS) is 19.6. The molecule has 1 aromatic rings. The number of rotatable bonds is 9. The summed E-state index contributed by atoms with van der Waals surface area (Å²) < 4.78 is 13.1. The Bertz CT molecular complexity index is 798. The van der Waals surface area contributed by atoms with Crippen molar-refractivity contribution in [2.24, 2.45) is 11.7 Å². The zero-order valence-electron chi connectivity index (χ0n) is 26.2. The number of primary amides is 1. The second kappa shape index (κ2) is 21.6. The van der Waals surface area contributed by atoms with Crippen LogP contribution >= 0.6 is 9.24 Å². The van der Waals surface area contributed by atoms with Crippen molar-refractivity contribution >= 4 is 21.2 Å². The Morgan fingerprint density at radius 3 is 1.90 bits per heavy atom. The Balaban J connectivity index is 0.000000562. The van der Waals surface area contributed by atoms with Crippen molar-refractivity contribution in [3.05, 3.63) is 48.7 Å². The minimum Gasteiger partial charge on any atom is -0.375 e. The molecule has 230 valence electrons. The number of carbonyl (C=O) groups is 2. The van der Waals surface area contributed by atoms with Crippen molar-refractivity contribution in [2.75, 3.05) is 33.7 Å². The Labute approximate surface area is 247 Å². The van der Waals surface area contributed by atoms with E-state index < -0.39 is 5.41 Å². The SMILES string of the molecule is C=CN(CCCc1ccccc1)C1CCC1.CCC.CCN(C)C(=O)N(C)CC.NC(=O)C1CCC(F)(P)CC1. The van der Waals surface area contributed by atoms with Crippen LogP contribution in [-0.4, -0.2) is 71.8 Å². The number of alkyl halides is 1. The van der Waals surface area contributed by atoms with Crippen molar-refractivity contribution < 1.29 is 14.0 Å². The Hall–Kier alpha value is -2.14. The van der Waals surface area contributed by atoms with Gasteiger partial charge >= 0.3 is 6.03 Å². The van der Waals surface area contributed by atoms with Gasteiger partial charge in [0, 0.05) is 45.7 Å². The highest BCUT2D eigenvalue weighted by atomic mass is 31.0. The van der Waals surface area contributed by atoms with Gasteiger partial charge in [-0.3, -0.25) is 4.79 Å². The average molecular weight is 581 g/mol. The maximum atomic E-state index is 13.1. The number of halogens is 1. The number of nitrogens with two attached hydrogens (primary N) is 1. The minimum absolute atomic E-state index is 0.0880. The van der Waals surface area contributed by atoms with Gasteiger partial charge in [0.25, 0.3) is 0 Å². The van der Waals surface area contributed by atoms with E-state index in [0.717, 1.165) is 25.7 Å². The number of urea groups is 1. The lowest BCUT2D eigenvalue weighted by Crippen LogP contribution is -2.38. The first kappa shape index (κ1) is 37.9. The van der Waals surface area contributed by atoms with Crippen LogP contribution in [0.5, 0.6) is 0 Å². The molecule has 1 unspecified atom stereocenters. The Morgan fingerprint density at radius 1 is 1.02 bits per heavy atom. The molecule has 2 saturated carbocycles. The lowest BCUT2D eigenvalue weighted by Gasteiger charge is -2.36. The number of carbonyl (C=O) groups excluding carboxylic acids is 2. The summed E-state index contributed by atoms with van der Waals surface area (Å²) in [7, 11) is 5.79. The summed E-state index contributed by atoms with van der Waals surface area (Å²) >= 11 is 0. The summed E-state index contributed by atoms with van der Waals surface area (Å²) in [5.41, 5.74) is 6.53. The molecule has 0 aromatic heterocycles. The number of nitrogens with zero attached hydrogens (tertiary/aromatic N) is 3. The smallest absolute Gasteiger partial charge is 0.319 e. The number of benzene rings is 1. The highest BCUT2D eigenvalue weighted by molar-refractivity contribution is 7.18. The minimum atomic E-state index is -1.15. The summed E-state index contributed by atoms with van der Waals surface area (Å²) in [5, 5.41) is -1.15. The molecule has 2 N–H and O–H groups in total. The Kier molecular flexibility index (Phi) is 20.4. The van der Waals surface area contributed by atoms with E-state index in [0.29, 0.717) is 25.7 Å². The van der Waals surface area contributed by atoms with E-state index in [2.05, 4.69) is 64.9 Å². The van der Waals surface area contributed by atoms with Gasteiger partial charge < -0.3 is 20.4 Å². The third kappa shape index (κ3) is 16.2. The summed E-state index contributed by atoms with van der Waals surface area (Å²) in [6, 6.07) is 11.6. The maximum Gasteiger partial charge on any atom is 0.319 e. The monoisotopic (exact) mass is 580 g/mol. The summed E-state index contributed by atoms with van der Waals surface area (Å²) in [5.74, 6) is -0.384. The van der Waals surface area contributed by atoms with Gasteiger partial charge in [0.05, 0.1) is 0 Å². The number of amides is 3. The van der Waals surface area contributed by atoms with E-state index in [1.807, 2.05) is 20.0 Å². The van der Waals surface area contributed by atoms with E-state index in [-0.39, 0.29) is 17.9 Å². The van der Waals surface area contributed by atoms with Crippen LogP contribution < -0.4 is 5.73 Å². The fraction of sp³-hybridized carbons (Fsp3) is 0.688. The van der Waals surface area contributed by atoms with Crippen LogP contribution in [-0.2, 0) is 11.2 Å². The fourth-order valence-electron chi connectivity index (χ4n) is 4.20. The summed E-state index contributed by atoms with van der Waals surface area (Å²) in [4.78, 5) is 27.6. The van der Waals surface area contributed by atoms with Gasteiger partial charge in [-0.1, -0.05) is 66.4 Å². The van der Waals surface area contributed by atoms with E-state index >= 15 is 0 Å². The molecular formula is C32H58FN4O2P. The molecule has 2 aliphatic carbocycles. The standard InChI is InChI=1S/C15H21N.C7H13FNOP.C7H16N2O.C3H8/c1-2-16(15-11-6-12-15)13-7-10-14-8-4-3-5-9-14;8-7(11)3-1-5(2-4-7)6(9)10;1-5-8(3)7(10)9(4)6-2;1-3-2/h2-5,8-9,15H,1,6-7,10-13H2;5H,1-4,11H2,(H2,9,10);5-6H2,1-4H3;3H2,1-2H3. The molecule has 1 atom stereocenters. The van der Waals surface area contributed by atoms with Crippen molar-refractivity contribution in [1.82, 2.24) is 14.7 Å². The predicted molar refractivity (Wildman–Crippen MR) is 172 cm³/mol. The first-order valence-electron chi connectivity index (χ1n) is 15.1. The summed E-state index contributed by atoms with van der Waals surface area (Å²) in [6.07, 6.45) is 11.9. The molecule has 3 rings (SSSR count). The molecule has 0 radical (unpaired) electrons. The van der Waals surface area contributed by atoms with E-state index in [1.165, 1.54) is 44.1 Å². The third-order valence-electron chi connectivity index (χ3n) is 7.32. The molecule has 8 heteroatoms. The van der Waals surface area contributed by atoms with Gasteiger partial charge in [-0.2, -0.15) is 0 Å². The van der Waals surface area contributed by atoms with Gasteiger partial charge in [0.15, 0.2) is 0 Å². The number of aryl methyl sites for hydroxylation is 1. The van der Waals surface area contributed by atoms with Crippen LogP contribution in [0.2, 0.25) is 0 Å². The topological polar surface area (TPSA) is 69.9 Å². The largest absolute Gasteiger partial charge is 0.375 e. The lowest BCUT2D eigenvalue weighted by atomic mass is 9.87. The molecule has 1 aromatic carbocycles. The molecular weight excluding hydrogens is 522 g/mol. The second-order valence-corrected chi connectivity index (χ2v) is 11.9. The van der Waals surface area contributed by atoms with Crippen molar-refractivity contribution in [1.29, 1.82) is 0 Å². The molecule has 0 aliphatic heterocycles. The first-order chi connectivity index (χ1) is 19.0. The molecule has 0 bridgehead atoms. The molecule has 40 heavy (non-hydrogen) atoms. The lowest BCUT2D eigenvalue weighted by molar-refractivity contribution is -0.123. The maximum absolute atomic E-state index is 13.1. The van der Waals surface area contributed by atoms with Crippen LogP contribution in [0.1, 0.15) is 91.0 Å². The first-order valence-corrected chi connectivity index (χ1v) is 15.7. The predicted octanol–water partition coefficient (Wildman–Crippen LogP) is 7.25. The van der Waals surface area contributed by atoms with E-state index in [1.54, 1.807) is 23.9 Å². The van der Waals surface area contributed by atoms with Gasteiger partial charge in [-0.25, -0.2) is 9.18 Å². The van der Waals surface area contributed by atoms with Crippen LogP contribution in [0.15, 0.2) is 43.1 Å². The molecule has 0 saturated heterocycles. The molecule has 0 spiro atoms. The van der Waals surface area contributed by atoms with Crippen LogP contribution in [0.25, 0.3) is 0 Å². The second-order valence-electron chi connectivity index (χ2n) is 10.8. The van der Waals surface area contributed by atoms with Crippen LogP contribution in [0.4, 0.5) is 9.18 Å². The molecule has 2 fully saturated rings. The number of hydrogen-bond acceptors (Lipinski definition) is 3. The fourth-order valence-corrected chi connectivity index (χ4v) is 4.53. The van der Waals surface area contributed by atoms with Gasteiger partial charge in [-0.05, 0) is 83.4 Å². The van der Waals surface area contributed by atoms with Crippen molar-refractivity contribution in [2.45, 2.75) is 103 Å². The highest BCUT2D eigenvalue weighted by Crippen LogP contribution is 2.39. The van der Waals surface area contributed by atoms with Crippen LogP contribution in [0, 0.1) is 5.92 Å². The zero-order chi connectivity index (χ0) is 30.6. The van der Waals surface area contributed by atoms with Gasteiger partial charge in [-0.15, -0.1) is 0 Å². The molecule has 3 amide bonds. The van der Waals surface area contributed by atoms with Crippen molar-refractivity contribution in [3.8, 4) is 0 Å². The number of hydrogen-bond donors (Lipinski definition) is 1. The van der Waals surface area contributed by atoms with Crippen molar-refractivity contribution in [3.63, 3.8) is 0 Å². The average Bonchev–Trinajstić information content (AvgIpc) is 2.91. The van der Waals surface area contributed by atoms with Crippen LogP contribution in [0.3, 0.4) is 0 Å². The Morgan fingerprint density at radius 2 is 1.52 bits per heavy atom. The zero-order valence-corrected chi connectivity index (χ0v) is 27.4. The summed E-state index contributed by atoms with van der Waals surface area (Å²) in [6.45, 7) is 14.8. The molecule has 6 nitrogen and oxygen atoms in total. The highest BCUT2D eigenvalue weighted by Gasteiger charge is 2.32. The molecule has 0 heterocycles. The molecule has 2 aliphatic rings.